The van der Waals surface area contributed by atoms with Crippen molar-refractivity contribution in [3.63, 3.8) is 0 Å². The summed E-state index contributed by atoms with van der Waals surface area (Å²) in [5, 5.41) is 11.6. The lowest BCUT2D eigenvalue weighted by atomic mass is 9.93. The topological polar surface area (TPSA) is 133 Å². The Balaban J connectivity index is 1.60. The Labute approximate surface area is 208 Å². The van der Waals surface area contributed by atoms with E-state index in [0.717, 1.165) is 11.4 Å². The number of hydrogen-bond acceptors (Lipinski definition) is 7. The van der Waals surface area contributed by atoms with Crippen LogP contribution in [0, 0.1) is 6.92 Å². The minimum Gasteiger partial charge on any atom is -0.459 e. The minimum atomic E-state index is -0.758. The van der Waals surface area contributed by atoms with Gasteiger partial charge in [-0.15, -0.1) is 0 Å². The number of carbonyl (C=O) groups excluding carboxylic acids is 1. The Kier molecular flexibility index (Phi) is 8.36. The van der Waals surface area contributed by atoms with Gasteiger partial charge in [0.2, 0.25) is 6.29 Å². The highest BCUT2D eigenvalue weighted by atomic mass is 16.7. The molecule has 3 N–H and O–H groups in total. The number of hydrogen-bond donors (Lipinski definition) is 3. The van der Waals surface area contributed by atoms with E-state index in [2.05, 4.69) is 15.3 Å². The molecule has 0 radical (unpaired) electrons. The van der Waals surface area contributed by atoms with E-state index in [0.29, 0.717) is 17.8 Å². The number of aromatic amines is 1. The van der Waals surface area contributed by atoms with Crippen LogP contribution in [0.15, 0.2) is 59.4 Å². The van der Waals surface area contributed by atoms with E-state index in [1.807, 2.05) is 49.0 Å². The molecule has 1 aliphatic heterocycles. The summed E-state index contributed by atoms with van der Waals surface area (Å²) in [6.07, 6.45) is 4.55. The van der Waals surface area contributed by atoms with Crippen LogP contribution in [0.25, 0.3) is 5.69 Å². The average molecular weight is 498 g/mol. The zero-order valence-corrected chi connectivity index (χ0v) is 20.3. The molecule has 0 spiro atoms. The van der Waals surface area contributed by atoms with Gasteiger partial charge in [-0.2, -0.15) is 0 Å². The maximum absolute atomic E-state index is 13.6. The molecule has 3 heterocycles. The molecule has 2 aromatic heterocycles. The summed E-state index contributed by atoms with van der Waals surface area (Å²) in [6.45, 7) is 2.68. The molecule has 0 unspecified atom stereocenters. The minimum absolute atomic E-state index is 0.0768. The van der Waals surface area contributed by atoms with Crippen LogP contribution in [0.1, 0.15) is 29.4 Å². The number of H-pyrrole nitrogens is 1. The average Bonchev–Trinajstić information content (AvgIpc) is 3.49. The van der Waals surface area contributed by atoms with Gasteiger partial charge in [0.05, 0.1) is 38.7 Å². The first-order valence-electron chi connectivity index (χ1n) is 11.8. The third kappa shape index (κ3) is 5.76. The van der Waals surface area contributed by atoms with E-state index in [1.54, 1.807) is 23.2 Å². The van der Waals surface area contributed by atoms with E-state index >= 15 is 0 Å². The second kappa shape index (κ2) is 11.8. The normalized spacial score (nSPS) is 17.5. The molecule has 2 atom stereocenters. The highest BCUT2D eigenvalue weighted by Crippen LogP contribution is 2.32. The summed E-state index contributed by atoms with van der Waals surface area (Å²) in [5.41, 5.74) is 1.95. The highest BCUT2D eigenvalue weighted by Gasteiger charge is 2.33. The molecule has 0 bridgehead atoms. The summed E-state index contributed by atoms with van der Waals surface area (Å²) in [6, 6.07) is 9.39. The Bertz CT molecular complexity index is 1230. The van der Waals surface area contributed by atoms with Crippen LogP contribution in [0.2, 0.25) is 0 Å². The molecule has 0 saturated carbocycles. The van der Waals surface area contributed by atoms with Gasteiger partial charge >= 0.3 is 0 Å². The van der Waals surface area contributed by atoms with Gasteiger partial charge in [-0.05, 0) is 25.1 Å². The summed E-state index contributed by atoms with van der Waals surface area (Å²) < 4.78 is 20.4. The van der Waals surface area contributed by atoms with Crippen molar-refractivity contribution >= 4 is 5.91 Å². The van der Waals surface area contributed by atoms with Crippen molar-refractivity contribution in [3.05, 3.63) is 82.0 Å². The monoisotopic (exact) mass is 497 g/mol. The largest absolute Gasteiger partial charge is 0.459 e. The van der Waals surface area contributed by atoms with Crippen molar-refractivity contribution in [2.24, 2.45) is 7.05 Å². The summed E-state index contributed by atoms with van der Waals surface area (Å²) in [7, 11) is 1.83. The predicted octanol–water partition coefficient (Wildman–Crippen LogP) is 1.26. The number of amides is 1. The van der Waals surface area contributed by atoms with Gasteiger partial charge in [0.25, 0.3) is 11.5 Å². The fraction of sp³-hybridized carbons (Fsp3) is 0.400. The van der Waals surface area contributed by atoms with Crippen molar-refractivity contribution in [1.29, 1.82) is 0 Å². The third-order valence-electron chi connectivity index (χ3n) is 5.99. The molecule has 0 aliphatic carbocycles. The van der Waals surface area contributed by atoms with E-state index in [9.17, 15) is 9.59 Å². The van der Waals surface area contributed by atoms with Crippen molar-refractivity contribution in [3.8, 4) is 5.69 Å². The third-order valence-corrected chi connectivity index (χ3v) is 5.99. The van der Waals surface area contributed by atoms with Crippen LogP contribution in [0.5, 0.6) is 0 Å². The van der Waals surface area contributed by atoms with Gasteiger partial charge < -0.3 is 29.6 Å². The summed E-state index contributed by atoms with van der Waals surface area (Å²) in [5.74, 6) is -0.156. The fourth-order valence-electron chi connectivity index (χ4n) is 4.19. The number of nitrogens with zero attached hydrogens (tertiary/aromatic N) is 3. The number of para-hydroxylation sites is 1. The SMILES string of the molecule is Cc1c([C@H]2C=C(C(=O)NCc3ncc[nH]3)O[C@@H](OCCOCCO)C2)c(=O)n(-c2ccccc2)n1C. The van der Waals surface area contributed by atoms with Crippen molar-refractivity contribution in [2.45, 2.75) is 32.1 Å². The van der Waals surface area contributed by atoms with E-state index < -0.39 is 18.1 Å². The number of carbonyl (C=O) groups is 1. The number of imidazole rings is 1. The maximum atomic E-state index is 13.6. The van der Waals surface area contributed by atoms with Gasteiger partial charge in [0, 0.05) is 43.0 Å². The first kappa shape index (κ1) is 25.4. The Morgan fingerprint density at radius 3 is 2.81 bits per heavy atom. The van der Waals surface area contributed by atoms with Gasteiger partial charge in [0.1, 0.15) is 5.82 Å². The number of aliphatic hydroxyl groups excluding tert-OH is 1. The lowest BCUT2D eigenvalue weighted by Crippen LogP contribution is -2.34. The Hall–Kier alpha value is -3.67. The summed E-state index contributed by atoms with van der Waals surface area (Å²) in [4.78, 5) is 33.6. The standard InChI is InChI=1S/C25H31N5O6/c1-17-23(25(33)30(29(17)2)19-6-4-3-5-7-19)18-14-20(24(32)28-16-21-26-8-9-27-21)36-22(15-18)35-13-12-34-11-10-31/h3-9,14,18,22,31H,10-13,15-16H2,1-2H3,(H,26,27)(H,28,32)/t18-,22+/m0/s1. The van der Waals surface area contributed by atoms with Crippen LogP contribution in [0.3, 0.4) is 0 Å². The number of aliphatic hydroxyl groups is 1. The summed E-state index contributed by atoms with van der Waals surface area (Å²) >= 11 is 0. The van der Waals surface area contributed by atoms with Gasteiger partial charge in [-0.1, -0.05) is 18.2 Å². The van der Waals surface area contributed by atoms with Crippen molar-refractivity contribution < 1.29 is 24.1 Å². The van der Waals surface area contributed by atoms with Gasteiger partial charge in [-0.25, -0.2) is 9.67 Å². The molecule has 11 heteroatoms. The van der Waals surface area contributed by atoms with Crippen molar-refractivity contribution in [2.75, 3.05) is 26.4 Å². The smallest absolute Gasteiger partial charge is 0.286 e. The quantitative estimate of drug-likeness (QED) is 0.340. The van der Waals surface area contributed by atoms with E-state index in [1.165, 1.54) is 0 Å². The zero-order chi connectivity index (χ0) is 25.5. The molecular weight excluding hydrogens is 466 g/mol. The highest BCUT2D eigenvalue weighted by molar-refractivity contribution is 5.91. The van der Waals surface area contributed by atoms with E-state index in [-0.39, 0.29) is 44.3 Å². The Morgan fingerprint density at radius 2 is 2.08 bits per heavy atom. The number of rotatable bonds is 11. The molecule has 192 valence electrons. The number of aromatic nitrogens is 4. The predicted molar refractivity (Wildman–Crippen MR) is 130 cm³/mol. The second-order valence-electron chi connectivity index (χ2n) is 8.32. The van der Waals surface area contributed by atoms with Gasteiger partial charge in [-0.3, -0.25) is 14.3 Å². The number of benzene rings is 1. The van der Waals surface area contributed by atoms with E-state index in [4.69, 9.17) is 19.3 Å². The zero-order valence-electron chi connectivity index (χ0n) is 20.3. The molecule has 3 aromatic rings. The molecule has 0 saturated heterocycles. The van der Waals surface area contributed by atoms with Crippen LogP contribution >= 0.6 is 0 Å². The molecule has 11 nitrogen and oxygen atoms in total. The lowest BCUT2D eigenvalue weighted by Gasteiger charge is -2.28. The molecular formula is C25H31N5O6. The number of allylic oxidation sites excluding steroid dienone is 1. The number of nitrogens with one attached hydrogen (secondary N) is 2. The maximum Gasteiger partial charge on any atom is 0.286 e. The molecule has 36 heavy (non-hydrogen) atoms. The fourth-order valence-corrected chi connectivity index (χ4v) is 4.19. The second-order valence-corrected chi connectivity index (χ2v) is 8.32. The molecule has 4 rings (SSSR count). The molecule has 1 amide bonds. The first-order valence-corrected chi connectivity index (χ1v) is 11.8. The molecule has 1 aromatic carbocycles. The van der Waals surface area contributed by atoms with Crippen molar-refractivity contribution in [1.82, 2.24) is 24.6 Å². The van der Waals surface area contributed by atoms with Crippen LogP contribution in [-0.2, 0) is 32.6 Å². The van der Waals surface area contributed by atoms with Crippen LogP contribution < -0.4 is 10.9 Å². The van der Waals surface area contributed by atoms with Crippen LogP contribution in [-0.4, -0.2) is 63.1 Å². The van der Waals surface area contributed by atoms with Crippen LogP contribution in [0.4, 0.5) is 0 Å². The number of ether oxygens (including phenoxy) is 3. The lowest BCUT2D eigenvalue weighted by molar-refractivity contribution is -0.151. The Morgan fingerprint density at radius 1 is 1.28 bits per heavy atom. The molecule has 1 aliphatic rings. The van der Waals surface area contributed by atoms with Gasteiger partial charge in [0.15, 0.2) is 5.76 Å². The molecule has 0 fully saturated rings. The first-order chi connectivity index (χ1) is 17.5.